The summed E-state index contributed by atoms with van der Waals surface area (Å²) in [4.78, 5) is 13.9. The van der Waals surface area contributed by atoms with Gasteiger partial charge in [0, 0.05) is 25.7 Å². The number of ether oxygens (including phenoxy) is 1. The van der Waals surface area contributed by atoms with Crippen LogP contribution in [-0.2, 0) is 15.1 Å². The number of hydrogen-bond donors (Lipinski definition) is 1. The Bertz CT molecular complexity index is 1280. The second-order valence-corrected chi connectivity index (χ2v) is 8.03. The summed E-state index contributed by atoms with van der Waals surface area (Å²) in [5, 5.41) is 12.1. The quantitative estimate of drug-likeness (QED) is 0.433. The Morgan fingerprint density at radius 3 is 1.87 bits per heavy atom. The molecule has 3 aliphatic heterocycles. The molecule has 30 heavy (non-hydrogen) atoms. The molecule has 1 unspecified atom stereocenters. The van der Waals surface area contributed by atoms with Crippen LogP contribution in [0.5, 0.6) is 0 Å². The molecule has 0 aromatic heterocycles. The Kier molecular flexibility index (Phi) is 3.28. The van der Waals surface area contributed by atoms with E-state index in [1.54, 1.807) is 0 Å². The predicted molar refractivity (Wildman–Crippen MR) is 111 cm³/mol. The predicted octanol–water partition coefficient (Wildman–Crippen LogP) is 0.550. The molecule has 3 aliphatic rings. The topological polar surface area (TPSA) is 46.5 Å². The number of carbonyl (C=O) groups is 1. The monoisotopic (exact) mass is 435 g/mol. The summed E-state index contributed by atoms with van der Waals surface area (Å²) in [6.45, 7) is 1.79. The lowest BCUT2D eigenvalue weighted by atomic mass is 9.86. The van der Waals surface area contributed by atoms with Crippen LogP contribution in [0, 0.1) is 0 Å². The van der Waals surface area contributed by atoms with E-state index in [9.17, 15) is 9.90 Å². The van der Waals surface area contributed by atoms with E-state index in [0.29, 0.717) is 12.8 Å². The standard InChI is InChI=1S/C25H28NO3.ClH/c27-24(25(28,19-9-3-1-4-10-19)20-11-5-2-6-12-20)29-23-17-21-13-14-22(18-23)26(21)15-7-8-16-26;/h1-12,21-23,28H,13-18H2;1H/q+1;/p-1/t21-,22+,23?;/i1D,2D,3D,4D,5D,6D,9D,10D,11D,12D;. The van der Waals surface area contributed by atoms with Gasteiger partial charge in [0.25, 0.3) is 0 Å². The fourth-order valence-electron chi connectivity index (χ4n) is 5.29. The lowest BCUT2D eigenvalue weighted by molar-refractivity contribution is -0.952. The molecule has 2 aromatic rings. The number of nitrogens with zero attached hydrogens (tertiary/aromatic N) is 1. The van der Waals surface area contributed by atoms with Gasteiger partial charge in [-0.2, -0.15) is 0 Å². The van der Waals surface area contributed by atoms with Crippen LogP contribution in [-0.4, -0.2) is 46.8 Å². The zero-order chi connectivity index (χ0) is 28.6. The van der Waals surface area contributed by atoms with Gasteiger partial charge >= 0.3 is 5.97 Å². The average Bonchev–Trinajstić information content (AvgIpc) is 3.45. The number of carbonyl (C=O) groups excluding carboxylic acids is 1. The highest BCUT2D eigenvalue weighted by atomic mass is 35.5. The molecule has 2 saturated heterocycles. The number of hydrogen-bond acceptors (Lipinski definition) is 3. The second-order valence-electron chi connectivity index (χ2n) is 8.03. The zero-order valence-corrected chi connectivity index (χ0v) is 17.0. The van der Waals surface area contributed by atoms with Crippen molar-refractivity contribution in [2.24, 2.45) is 0 Å². The number of esters is 1. The van der Waals surface area contributed by atoms with E-state index < -0.39 is 89.2 Å². The van der Waals surface area contributed by atoms with Crippen molar-refractivity contribution >= 4 is 5.97 Å². The fourth-order valence-corrected chi connectivity index (χ4v) is 5.29. The number of piperidine rings is 1. The first-order valence-corrected chi connectivity index (χ1v) is 9.87. The van der Waals surface area contributed by atoms with E-state index in [4.69, 9.17) is 18.4 Å². The van der Waals surface area contributed by atoms with Crippen molar-refractivity contribution in [3.8, 4) is 0 Å². The number of halogens is 1. The Labute approximate surface area is 198 Å². The van der Waals surface area contributed by atoms with Crippen LogP contribution in [0.2, 0.25) is 0 Å². The molecular weight excluding hydrogens is 398 g/mol. The largest absolute Gasteiger partial charge is 1.00 e. The number of benzene rings is 2. The maximum atomic E-state index is 13.9. The summed E-state index contributed by atoms with van der Waals surface area (Å²) < 4.78 is 88.5. The molecule has 158 valence electrons. The van der Waals surface area contributed by atoms with Crippen molar-refractivity contribution in [2.75, 3.05) is 13.1 Å². The van der Waals surface area contributed by atoms with Crippen LogP contribution < -0.4 is 12.4 Å². The molecule has 0 saturated carbocycles. The summed E-state index contributed by atoms with van der Waals surface area (Å²) >= 11 is 0. The Balaban J connectivity index is 0.00000370. The van der Waals surface area contributed by atoms with Gasteiger partial charge in [-0.1, -0.05) is 60.4 Å². The lowest BCUT2D eigenvalue weighted by Crippen LogP contribution is -3.00. The molecular formula is C25H28ClNO3. The van der Waals surface area contributed by atoms with Gasteiger partial charge in [0.05, 0.1) is 38.9 Å². The summed E-state index contributed by atoms with van der Waals surface area (Å²) in [6, 6.07) is -8.30. The highest BCUT2D eigenvalue weighted by Crippen LogP contribution is 2.45. The van der Waals surface area contributed by atoms with E-state index in [2.05, 4.69) is 12.2 Å². The zero-order valence-electron chi connectivity index (χ0n) is 26.2. The fraction of sp³-hybridized carbons (Fsp3) is 0.400. The molecule has 5 rings (SSSR count). The van der Waals surface area contributed by atoms with E-state index in [0.717, 1.165) is 30.4 Å². The molecule has 0 amide bonds. The minimum atomic E-state index is -3.28. The number of quaternary nitrogens is 1. The first-order chi connectivity index (χ1) is 18.3. The van der Waals surface area contributed by atoms with Crippen LogP contribution in [0.4, 0.5) is 0 Å². The van der Waals surface area contributed by atoms with E-state index in [-0.39, 0.29) is 24.5 Å². The maximum absolute atomic E-state index is 13.9. The van der Waals surface area contributed by atoms with Crippen LogP contribution in [0.15, 0.2) is 72.6 Å². The minimum absolute atomic E-state index is 0. The molecule has 2 bridgehead atoms. The Morgan fingerprint density at radius 1 is 0.933 bits per heavy atom. The molecule has 2 aromatic carbocycles. The maximum Gasteiger partial charge on any atom is 0.347 e. The minimum Gasteiger partial charge on any atom is -1.00 e. The Hall–Kier alpha value is -2.14. The average molecular weight is 436 g/mol. The van der Waals surface area contributed by atoms with Crippen LogP contribution in [0.3, 0.4) is 0 Å². The van der Waals surface area contributed by atoms with Crippen LogP contribution >= 0.6 is 0 Å². The molecule has 3 heterocycles. The number of rotatable bonds is 4. The van der Waals surface area contributed by atoms with E-state index in [1.807, 2.05) is 0 Å². The van der Waals surface area contributed by atoms with Crippen molar-refractivity contribution in [1.29, 1.82) is 0 Å². The van der Waals surface area contributed by atoms with Gasteiger partial charge in [0.2, 0.25) is 5.60 Å². The third-order valence-corrected chi connectivity index (χ3v) is 6.71. The van der Waals surface area contributed by atoms with Crippen molar-refractivity contribution in [2.45, 2.75) is 49.5 Å². The third kappa shape index (κ3) is 3.27. The summed E-state index contributed by atoms with van der Waals surface area (Å²) in [7, 11) is 0. The van der Waals surface area contributed by atoms with Crippen molar-refractivity contribution < 1.29 is 45.2 Å². The highest BCUT2D eigenvalue weighted by Gasteiger charge is 2.55. The van der Waals surface area contributed by atoms with Crippen molar-refractivity contribution in [1.82, 2.24) is 0 Å². The van der Waals surface area contributed by atoms with E-state index in [1.165, 1.54) is 0 Å². The first kappa shape index (κ1) is 12.0. The Morgan fingerprint density at radius 2 is 1.40 bits per heavy atom. The number of aliphatic hydroxyl groups is 1. The summed E-state index contributed by atoms with van der Waals surface area (Å²) in [5.74, 6) is -1.45. The van der Waals surface area contributed by atoms with E-state index >= 15 is 0 Å². The van der Waals surface area contributed by atoms with Crippen LogP contribution in [0.1, 0.15) is 50.5 Å². The van der Waals surface area contributed by atoms with Gasteiger partial charge in [0.1, 0.15) is 6.10 Å². The highest BCUT2D eigenvalue weighted by molar-refractivity contribution is 5.85. The summed E-state index contributed by atoms with van der Waals surface area (Å²) in [5.41, 5.74) is -5.13. The molecule has 1 spiro atoms. The van der Waals surface area contributed by atoms with Crippen LogP contribution in [0.25, 0.3) is 0 Å². The molecule has 1 N–H and O–H groups in total. The van der Waals surface area contributed by atoms with Gasteiger partial charge in [-0.05, 0) is 23.3 Å². The first-order valence-electron chi connectivity index (χ1n) is 14.9. The van der Waals surface area contributed by atoms with Crippen molar-refractivity contribution in [3.63, 3.8) is 0 Å². The SMILES string of the molecule is [2H]c1c([2H])c([2H])c(C(O)(C(=O)OC2C[C@H]3CC[C@@H](C2)[N+]32CC=CC2)c2c([2H])c([2H])c([2H])c([2H])c2[2H])c([2H])c1[2H].[Cl-]. The lowest BCUT2D eigenvalue weighted by Gasteiger charge is -2.47. The van der Waals surface area contributed by atoms with Gasteiger partial charge in [0.15, 0.2) is 0 Å². The second kappa shape index (κ2) is 8.18. The molecule has 4 nitrogen and oxygen atoms in total. The van der Waals surface area contributed by atoms with Crippen molar-refractivity contribution in [3.05, 3.63) is 83.7 Å². The molecule has 2 fully saturated rings. The normalized spacial score (nSPS) is 31.0. The summed E-state index contributed by atoms with van der Waals surface area (Å²) in [6.07, 6.45) is 6.48. The molecule has 5 heteroatoms. The third-order valence-electron chi connectivity index (χ3n) is 6.71. The molecule has 0 aliphatic carbocycles. The smallest absolute Gasteiger partial charge is 0.347 e. The van der Waals surface area contributed by atoms with Gasteiger partial charge < -0.3 is 26.7 Å². The van der Waals surface area contributed by atoms with Gasteiger partial charge in [-0.15, -0.1) is 0 Å². The van der Waals surface area contributed by atoms with Gasteiger partial charge in [-0.25, -0.2) is 4.79 Å². The molecule has 3 atom stereocenters. The molecule has 0 radical (unpaired) electrons. The van der Waals surface area contributed by atoms with Gasteiger partial charge in [-0.3, -0.25) is 0 Å².